The maximum absolute atomic E-state index is 3.65. The monoisotopic (exact) mass is 197 g/mol. The van der Waals surface area contributed by atoms with Gasteiger partial charge < -0.3 is 5.32 Å². The maximum atomic E-state index is 3.65. The smallest absolute Gasteiger partial charge is 0.00155 e. The average molecular weight is 197 g/mol. The van der Waals surface area contributed by atoms with Crippen LogP contribution in [-0.2, 0) is 0 Å². The van der Waals surface area contributed by atoms with Gasteiger partial charge in [0.25, 0.3) is 0 Å². The van der Waals surface area contributed by atoms with Crippen LogP contribution in [0, 0.1) is 23.7 Å². The molecule has 0 saturated heterocycles. The standard InChI is InChI=1S/C13H27N/c1-10(2)13(11(3)4)9-14-8-12-6-5-7-12/h10-14H,5-9H2,1-4H3. The zero-order valence-electron chi connectivity index (χ0n) is 10.3. The zero-order valence-corrected chi connectivity index (χ0v) is 10.3. The average Bonchev–Trinajstić information content (AvgIpc) is 1.99. The lowest BCUT2D eigenvalue weighted by Gasteiger charge is -2.29. The maximum Gasteiger partial charge on any atom is -0.00155 e. The summed E-state index contributed by atoms with van der Waals surface area (Å²) in [7, 11) is 0. The third-order valence-corrected chi connectivity index (χ3v) is 3.75. The summed E-state index contributed by atoms with van der Waals surface area (Å²) in [5.74, 6) is 3.46. The Morgan fingerprint density at radius 1 is 1.07 bits per heavy atom. The number of hydrogen-bond donors (Lipinski definition) is 1. The van der Waals surface area contributed by atoms with E-state index >= 15 is 0 Å². The van der Waals surface area contributed by atoms with Gasteiger partial charge in [-0.05, 0) is 49.6 Å². The molecule has 1 nitrogen and oxygen atoms in total. The summed E-state index contributed by atoms with van der Waals surface area (Å²) in [4.78, 5) is 0. The van der Waals surface area contributed by atoms with Gasteiger partial charge in [0.1, 0.15) is 0 Å². The van der Waals surface area contributed by atoms with Gasteiger partial charge in [-0.2, -0.15) is 0 Å². The highest BCUT2D eigenvalue weighted by Gasteiger charge is 2.20. The highest BCUT2D eigenvalue weighted by atomic mass is 14.9. The Kier molecular flexibility index (Phi) is 4.94. The number of hydrogen-bond acceptors (Lipinski definition) is 1. The fourth-order valence-corrected chi connectivity index (χ4v) is 2.39. The van der Waals surface area contributed by atoms with Gasteiger partial charge in [0.2, 0.25) is 0 Å². The molecule has 0 aliphatic heterocycles. The van der Waals surface area contributed by atoms with Gasteiger partial charge in [-0.15, -0.1) is 0 Å². The lowest BCUT2D eigenvalue weighted by Crippen LogP contribution is -2.34. The second-order valence-electron chi connectivity index (χ2n) is 5.61. The van der Waals surface area contributed by atoms with Crippen molar-refractivity contribution in [3.05, 3.63) is 0 Å². The van der Waals surface area contributed by atoms with E-state index in [4.69, 9.17) is 0 Å². The Bertz CT molecular complexity index is 139. The lowest BCUT2D eigenvalue weighted by atomic mass is 9.83. The molecule has 1 rings (SSSR count). The second-order valence-corrected chi connectivity index (χ2v) is 5.61. The summed E-state index contributed by atoms with van der Waals surface area (Å²) < 4.78 is 0. The van der Waals surface area contributed by atoms with Crippen LogP contribution in [0.2, 0.25) is 0 Å². The van der Waals surface area contributed by atoms with Crippen molar-refractivity contribution >= 4 is 0 Å². The molecule has 0 unspecified atom stereocenters. The first-order valence-corrected chi connectivity index (χ1v) is 6.32. The van der Waals surface area contributed by atoms with Crippen LogP contribution < -0.4 is 5.32 Å². The molecular formula is C13H27N. The Labute approximate surface area is 89.7 Å². The molecule has 1 aliphatic rings. The fourth-order valence-electron chi connectivity index (χ4n) is 2.39. The summed E-state index contributed by atoms with van der Waals surface area (Å²) in [5.41, 5.74) is 0. The van der Waals surface area contributed by atoms with E-state index in [1.807, 2.05) is 0 Å². The van der Waals surface area contributed by atoms with Crippen LogP contribution in [0.25, 0.3) is 0 Å². The molecule has 0 aromatic heterocycles. The molecule has 14 heavy (non-hydrogen) atoms. The zero-order chi connectivity index (χ0) is 10.6. The fraction of sp³-hybridized carbons (Fsp3) is 1.00. The second kappa shape index (κ2) is 5.75. The molecule has 1 heteroatoms. The normalized spacial score (nSPS) is 18.2. The predicted molar refractivity (Wildman–Crippen MR) is 63.4 cm³/mol. The first kappa shape index (κ1) is 12.0. The summed E-state index contributed by atoms with van der Waals surface area (Å²) >= 11 is 0. The van der Waals surface area contributed by atoms with E-state index in [0.717, 1.165) is 23.7 Å². The largest absolute Gasteiger partial charge is 0.316 e. The Morgan fingerprint density at radius 3 is 2.00 bits per heavy atom. The molecule has 84 valence electrons. The van der Waals surface area contributed by atoms with Crippen LogP contribution >= 0.6 is 0 Å². The van der Waals surface area contributed by atoms with Gasteiger partial charge in [0, 0.05) is 0 Å². The minimum Gasteiger partial charge on any atom is -0.316 e. The van der Waals surface area contributed by atoms with Crippen molar-refractivity contribution in [3.8, 4) is 0 Å². The Morgan fingerprint density at radius 2 is 1.64 bits per heavy atom. The summed E-state index contributed by atoms with van der Waals surface area (Å²) in [6.45, 7) is 11.8. The van der Waals surface area contributed by atoms with E-state index in [9.17, 15) is 0 Å². The molecule has 0 atom stereocenters. The summed E-state index contributed by atoms with van der Waals surface area (Å²) in [5, 5.41) is 3.65. The Balaban J connectivity index is 2.12. The molecule has 0 spiro atoms. The van der Waals surface area contributed by atoms with Crippen molar-refractivity contribution in [3.63, 3.8) is 0 Å². The lowest BCUT2D eigenvalue weighted by molar-refractivity contribution is 0.248. The molecule has 0 amide bonds. The highest BCUT2D eigenvalue weighted by Crippen LogP contribution is 2.25. The van der Waals surface area contributed by atoms with Gasteiger partial charge in [-0.1, -0.05) is 34.1 Å². The van der Waals surface area contributed by atoms with Gasteiger partial charge in [0.15, 0.2) is 0 Å². The van der Waals surface area contributed by atoms with Gasteiger partial charge >= 0.3 is 0 Å². The third-order valence-electron chi connectivity index (χ3n) is 3.75. The number of rotatable bonds is 6. The molecule has 0 aromatic rings. The minimum atomic E-state index is 0.809. The van der Waals surface area contributed by atoms with Crippen molar-refractivity contribution in [1.29, 1.82) is 0 Å². The van der Waals surface area contributed by atoms with E-state index < -0.39 is 0 Å². The van der Waals surface area contributed by atoms with Crippen LogP contribution in [0.3, 0.4) is 0 Å². The first-order chi connectivity index (χ1) is 6.61. The molecule has 0 aromatic carbocycles. The topological polar surface area (TPSA) is 12.0 Å². The SMILES string of the molecule is CC(C)C(CNCC1CCC1)C(C)C. The molecule has 0 bridgehead atoms. The molecule has 1 aliphatic carbocycles. The van der Waals surface area contributed by atoms with Crippen molar-refractivity contribution < 1.29 is 0 Å². The predicted octanol–water partition coefficient (Wildman–Crippen LogP) is 3.30. The molecule has 1 N–H and O–H groups in total. The van der Waals surface area contributed by atoms with Crippen molar-refractivity contribution in [2.24, 2.45) is 23.7 Å². The quantitative estimate of drug-likeness (QED) is 0.689. The molecule has 1 saturated carbocycles. The summed E-state index contributed by atoms with van der Waals surface area (Å²) in [6, 6.07) is 0. The molecule has 0 heterocycles. The minimum absolute atomic E-state index is 0.809. The van der Waals surface area contributed by atoms with Crippen molar-refractivity contribution in [2.75, 3.05) is 13.1 Å². The van der Waals surface area contributed by atoms with E-state index in [-0.39, 0.29) is 0 Å². The third kappa shape index (κ3) is 3.61. The van der Waals surface area contributed by atoms with E-state index in [0.29, 0.717) is 0 Å². The van der Waals surface area contributed by atoms with E-state index in [1.54, 1.807) is 0 Å². The van der Waals surface area contributed by atoms with Gasteiger partial charge in [-0.25, -0.2) is 0 Å². The van der Waals surface area contributed by atoms with E-state index in [1.165, 1.54) is 32.4 Å². The van der Waals surface area contributed by atoms with Crippen LogP contribution in [0.15, 0.2) is 0 Å². The molecule has 1 fully saturated rings. The van der Waals surface area contributed by atoms with Crippen LogP contribution in [0.4, 0.5) is 0 Å². The van der Waals surface area contributed by atoms with Gasteiger partial charge in [0.05, 0.1) is 0 Å². The van der Waals surface area contributed by atoms with Crippen LogP contribution in [0.5, 0.6) is 0 Å². The summed E-state index contributed by atoms with van der Waals surface area (Å²) in [6.07, 6.45) is 4.38. The first-order valence-electron chi connectivity index (χ1n) is 6.32. The van der Waals surface area contributed by atoms with Gasteiger partial charge in [-0.3, -0.25) is 0 Å². The highest BCUT2D eigenvalue weighted by molar-refractivity contribution is 4.74. The van der Waals surface area contributed by atoms with Crippen molar-refractivity contribution in [1.82, 2.24) is 5.32 Å². The molecular weight excluding hydrogens is 170 g/mol. The number of nitrogens with one attached hydrogen (secondary N) is 1. The van der Waals surface area contributed by atoms with Crippen LogP contribution in [0.1, 0.15) is 47.0 Å². The van der Waals surface area contributed by atoms with Crippen LogP contribution in [-0.4, -0.2) is 13.1 Å². The van der Waals surface area contributed by atoms with E-state index in [2.05, 4.69) is 33.0 Å². The molecule has 0 radical (unpaired) electrons. The Hall–Kier alpha value is -0.0400. The van der Waals surface area contributed by atoms with Crippen molar-refractivity contribution in [2.45, 2.75) is 47.0 Å².